The summed E-state index contributed by atoms with van der Waals surface area (Å²) in [4.78, 5) is 11.9. The number of carbonyl (C=O) groups excluding carboxylic acids is 1. The van der Waals surface area contributed by atoms with E-state index in [9.17, 15) is 13.2 Å². The van der Waals surface area contributed by atoms with Crippen molar-refractivity contribution in [3.8, 4) is 17.2 Å². The van der Waals surface area contributed by atoms with Gasteiger partial charge in [0, 0.05) is 13.1 Å². The van der Waals surface area contributed by atoms with Gasteiger partial charge in [0.25, 0.3) is 10.0 Å². The number of nitrogens with zero attached hydrogens (tertiary/aromatic N) is 1. The number of ether oxygens (including phenoxy) is 3. The topological polar surface area (TPSA) is 94.2 Å². The Morgan fingerprint density at radius 2 is 1.78 bits per heavy atom. The van der Waals surface area contributed by atoms with Crippen LogP contribution in [0.15, 0.2) is 47.4 Å². The minimum atomic E-state index is -4.02. The van der Waals surface area contributed by atoms with Crippen LogP contribution in [0.3, 0.4) is 0 Å². The second-order valence-corrected chi connectivity index (χ2v) is 7.55. The lowest BCUT2D eigenvalue weighted by molar-refractivity contribution is -0.119. The molecule has 0 saturated carbocycles. The van der Waals surface area contributed by atoms with Crippen LogP contribution in [0.25, 0.3) is 0 Å². The van der Waals surface area contributed by atoms with Crippen LogP contribution >= 0.6 is 0 Å². The first-order chi connectivity index (χ1) is 13.0. The van der Waals surface area contributed by atoms with Gasteiger partial charge in [-0.25, -0.2) is 8.42 Å². The van der Waals surface area contributed by atoms with Crippen molar-refractivity contribution in [1.29, 1.82) is 0 Å². The summed E-state index contributed by atoms with van der Waals surface area (Å²) >= 11 is 0. The normalized spacial score (nSPS) is 13.0. The van der Waals surface area contributed by atoms with Gasteiger partial charge in [-0.3, -0.25) is 9.10 Å². The number of fused-ring (bicyclic) bond motifs is 1. The van der Waals surface area contributed by atoms with Gasteiger partial charge < -0.3 is 19.5 Å². The Labute approximate surface area is 157 Å². The fraction of sp³-hybridized carbons (Fsp3) is 0.278. The minimum Gasteiger partial charge on any atom is -0.497 e. The largest absolute Gasteiger partial charge is 0.497 e. The maximum absolute atomic E-state index is 13.2. The summed E-state index contributed by atoms with van der Waals surface area (Å²) in [6, 6.07) is 10.8. The lowest BCUT2D eigenvalue weighted by atomic mass is 10.3. The monoisotopic (exact) mass is 392 g/mol. The van der Waals surface area contributed by atoms with E-state index in [1.54, 1.807) is 30.3 Å². The van der Waals surface area contributed by atoms with Gasteiger partial charge in [0.05, 0.1) is 17.7 Å². The third kappa shape index (κ3) is 3.92. The Morgan fingerprint density at radius 3 is 2.41 bits per heavy atom. The van der Waals surface area contributed by atoms with Gasteiger partial charge in [-0.2, -0.15) is 0 Å². The third-order valence-corrected chi connectivity index (χ3v) is 5.80. The number of sulfonamides is 1. The maximum atomic E-state index is 13.2. The zero-order valence-electron chi connectivity index (χ0n) is 15.0. The van der Waals surface area contributed by atoms with Crippen LogP contribution in [0.4, 0.5) is 5.69 Å². The number of hydrogen-bond donors (Lipinski definition) is 1. The van der Waals surface area contributed by atoms with Crippen LogP contribution in [0.5, 0.6) is 17.2 Å². The van der Waals surface area contributed by atoms with E-state index in [0.29, 0.717) is 36.1 Å². The molecule has 0 fully saturated rings. The van der Waals surface area contributed by atoms with Crippen LogP contribution < -0.4 is 23.8 Å². The number of anilines is 1. The second kappa shape index (κ2) is 7.75. The summed E-state index contributed by atoms with van der Waals surface area (Å²) in [6.07, 6.45) is 0. The first kappa shape index (κ1) is 18.8. The number of benzene rings is 2. The first-order valence-electron chi connectivity index (χ1n) is 8.22. The Balaban J connectivity index is 2.02. The lowest BCUT2D eigenvalue weighted by Crippen LogP contribution is -2.39. The molecule has 1 aliphatic heterocycles. The van der Waals surface area contributed by atoms with Gasteiger partial charge in [-0.1, -0.05) is 0 Å². The van der Waals surface area contributed by atoms with Gasteiger partial charge >= 0.3 is 0 Å². The SMILES string of the molecule is CNC(=O)CN(c1ccc(OC)cc1)S(=O)(=O)c1ccc2c(c1)OCCO2. The zero-order chi connectivity index (χ0) is 19.4. The molecule has 0 spiro atoms. The van der Waals surface area contributed by atoms with E-state index in [1.807, 2.05) is 0 Å². The summed E-state index contributed by atoms with van der Waals surface area (Å²) < 4.78 is 43.5. The molecule has 1 aliphatic rings. The van der Waals surface area contributed by atoms with Crippen molar-refractivity contribution in [2.45, 2.75) is 4.90 Å². The Kier molecular flexibility index (Phi) is 5.41. The highest BCUT2D eigenvalue weighted by atomic mass is 32.2. The van der Waals surface area contributed by atoms with Crippen molar-refractivity contribution in [2.24, 2.45) is 0 Å². The number of methoxy groups -OCH3 is 1. The van der Waals surface area contributed by atoms with E-state index in [0.717, 1.165) is 4.31 Å². The highest BCUT2D eigenvalue weighted by molar-refractivity contribution is 7.92. The molecule has 3 rings (SSSR count). The third-order valence-electron chi connectivity index (χ3n) is 4.03. The van der Waals surface area contributed by atoms with E-state index in [1.165, 1.54) is 26.3 Å². The molecule has 2 aromatic rings. The van der Waals surface area contributed by atoms with Crippen LogP contribution in [-0.4, -0.2) is 48.2 Å². The van der Waals surface area contributed by atoms with E-state index in [4.69, 9.17) is 14.2 Å². The molecule has 0 saturated heterocycles. The van der Waals surface area contributed by atoms with Crippen molar-refractivity contribution in [2.75, 3.05) is 38.2 Å². The number of rotatable bonds is 6. The van der Waals surface area contributed by atoms with Gasteiger partial charge in [-0.05, 0) is 36.4 Å². The van der Waals surface area contributed by atoms with Gasteiger partial charge in [0.1, 0.15) is 25.5 Å². The molecule has 1 N–H and O–H groups in total. The number of hydrogen-bond acceptors (Lipinski definition) is 6. The fourth-order valence-corrected chi connectivity index (χ4v) is 4.02. The summed E-state index contributed by atoms with van der Waals surface area (Å²) in [5.74, 6) is 0.988. The predicted octanol–water partition coefficient (Wildman–Crippen LogP) is 1.41. The van der Waals surface area contributed by atoms with Gasteiger partial charge in [0.15, 0.2) is 11.5 Å². The van der Waals surface area contributed by atoms with E-state index in [2.05, 4.69) is 5.32 Å². The number of nitrogens with one attached hydrogen (secondary N) is 1. The molecule has 1 amide bonds. The van der Waals surface area contributed by atoms with E-state index >= 15 is 0 Å². The Bertz CT molecular complexity index is 927. The standard InChI is InChI=1S/C18H20N2O6S/c1-19-18(21)12-20(13-3-5-14(24-2)6-4-13)27(22,23)15-7-8-16-17(11-15)26-10-9-25-16/h3-8,11H,9-10,12H2,1-2H3,(H,19,21). The predicted molar refractivity (Wildman–Crippen MR) is 99.0 cm³/mol. The maximum Gasteiger partial charge on any atom is 0.264 e. The van der Waals surface area contributed by atoms with Crippen molar-refractivity contribution >= 4 is 21.6 Å². The molecule has 0 aromatic heterocycles. The Morgan fingerprint density at radius 1 is 1.11 bits per heavy atom. The molecule has 0 atom stereocenters. The molecular formula is C18H20N2O6S. The van der Waals surface area contributed by atoms with Gasteiger partial charge in [-0.15, -0.1) is 0 Å². The molecule has 2 aromatic carbocycles. The number of amides is 1. The smallest absolute Gasteiger partial charge is 0.264 e. The summed E-state index contributed by atoms with van der Waals surface area (Å²) in [5, 5.41) is 2.45. The quantitative estimate of drug-likeness (QED) is 0.799. The van der Waals surface area contributed by atoms with Crippen LogP contribution in [0, 0.1) is 0 Å². The Hall–Kier alpha value is -2.94. The minimum absolute atomic E-state index is 0.00599. The van der Waals surface area contributed by atoms with Crippen molar-refractivity contribution in [1.82, 2.24) is 5.32 Å². The molecule has 0 unspecified atom stereocenters. The van der Waals surface area contributed by atoms with Gasteiger partial charge in [0.2, 0.25) is 5.91 Å². The number of carbonyl (C=O) groups is 1. The molecule has 27 heavy (non-hydrogen) atoms. The highest BCUT2D eigenvalue weighted by Gasteiger charge is 2.28. The molecule has 144 valence electrons. The molecule has 0 aliphatic carbocycles. The molecule has 0 bridgehead atoms. The van der Waals surface area contributed by atoms with Crippen LogP contribution in [0.1, 0.15) is 0 Å². The van der Waals surface area contributed by atoms with Crippen molar-refractivity contribution in [3.05, 3.63) is 42.5 Å². The second-order valence-electron chi connectivity index (χ2n) is 5.69. The molecular weight excluding hydrogens is 372 g/mol. The van der Waals surface area contributed by atoms with Crippen LogP contribution in [0.2, 0.25) is 0 Å². The molecule has 0 radical (unpaired) electrons. The number of likely N-dealkylation sites (N-methyl/N-ethyl adjacent to an activating group) is 1. The van der Waals surface area contributed by atoms with E-state index in [-0.39, 0.29) is 11.4 Å². The highest BCUT2D eigenvalue weighted by Crippen LogP contribution is 2.34. The molecule has 8 nitrogen and oxygen atoms in total. The lowest BCUT2D eigenvalue weighted by Gasteiger charge is -2.25. The summed E-state index contributed by atoms with van der Waals surface area (Å²) in [7, 11) is -1.05. The average Bonchev–Trinajstić information content (AvgIpc) is 2.71. The van der Waals surface area contributed by atoms with E-state index < -0.39 is 15.9 Å². The summed E-state index contributed by atoms with van der Waals surface area (Å²) in [5.41, 5.74) is 0.342. The summed E-state index contributed by atoms with van der Waals surface area (Å²) in [6.45, 7) is 0.393. The van der Waals surface area contributed by atoms with Crippen molar-refractivity contribution in [3.63, 3.8) is 0 Å². The van der Waals surface area contributed by atoms with Crippen LogP contribution in [-0.2, 0) is 14.8 Å². The van der Waals surface area contributed by atoms with Crippen molar-refractivity contribution < 1.29 is 27.4 Å². The average molecular weight is 392 g/mol. The molecule has 1 heterocycles. The first-order valence-corrected chi connectivity index (χ1v) is 9.66. The molecule has 9 heteroatoms. The fourth-order valence-electron chi connectivity index (χ4n) is 2.58. The zero-order valence-corrected chi connectivity index (χ0v) is 15.8.